The molecule has 1 N–H and O–H groups in total. The summed E-state index contributed by atoms with van der Waals surface area (Å²) < 4.78 is 38.7. The van der Waals surface area contributed by atoms with Crippen LogP contribution in [0, 0.1) is 5.92 Å². The van der Waals surface area contributed by atoms with Crippen LogP contribution in [0.3, 0.4) is 0 Å². The molecule has 6 heteroatoms. The van der Waals surface area contributed by atoms with E-state index in [0.29, 0.717) is 19.4 Å². The fraction of sp³-hybridized carbons (Fsp3) is 0.929. The van der Waals surface area contributed by atoms with Gasteiger partial charge in [0, 0.05) is 19.0 Å². The number of hydrogen-bond acceptors (Lipinski definition) is 2. The molecule has 0 saturated heterocycles. The van der Waals surface area contributed by atoms with Crippen LogP contribution >= 0.6 is 0 Å². The van der Waals surface area contributed by atoms with E-state index in [9.17, 15) is 18.0 Å². The number of alkyl halides is 3. The van der Waals surface area contributed by atoms with Crippen molar-refractivity contribution in [2.24, 2.45) is 5.92 Å². The van der Waals surface area contributed by atoms with Crippen LogP contribution in [0.15, 0.2) is 0 Å². The van der Waals surface area contributed by atoms with Crippen molar-refractivity contribution in [3.63, 3.8) is 0 Å². The smallest absolute Gasteiger partial charge is 0.353 e. The van der Waals surface area contributed by atoms with Gasteiger partial charge in [-0.05, 0) is 32.9 Å². The highest BCUT2D eigenvalue weighted by molar-refractivity contribution is 5.76. The van der Waals surface area contributed by atoms with Crippen molar-refractivity contribution in [3.8, 4) is 0 Å². The molecule has 1 aliphatic rings. The number of hydrogen-bond donors (Lipinski definition) is 1. The molecule has 0 aromatic rings. The lowest BCUT2D eigenvalue weighted by Crippen LogP contribution is -2.48. The normalized spacial score (nSPS) is 23.9. The monoisotopic (exact) mass is 294 g/mol. The van der Waals surface area contributed by atoms with E-state index in [0.717, 1.165) is 19.4 Å². The van der Waals surface area contributed by atoms with Crippen LogP contribution in [0.1, 0.15) is 45.4 Å². The first-order chi connectivity index (χ1) is 9.34. The predicted molar refractivity (Wildman–Crippen MR) is 72.3 cm³/mol. The van der Waals surface area contributed by atoms with Crippen molar-refractivity contribution < 1.29 is 18.0 Å². The van der Waals surface area contributed by atoms with Gasteiger partial charge in [0.1, 0.15) is 0 Å². The number of rotatable bonds is 6. The minimum absolute atomic E-state index is 0.129. The van der Waals surface area contributed by atoms with Gasteiger partial charge in [0.15, 0.2) is 0 Å². The van der Waals surface area contributed by atoms with Crippen molar-refractivity contribution in [1.29, 1.82) is 0 Å². The molecule has 0 radical (unpaired) electrons. The van der Waals surface area contributed by atoms with E-state index in [-0.39, 0.29) is 18.7 Å². The second-order valence-corrected chi connectivity index (χ2v) is 5.66. The molecule has 118 valence electrons. The number of nitrogens with one attached hydrogen (secondary N) is 1. The van der Waals surface area contributed by atoms with Gasteiger partial charge >= 0.3 is 6.18 Å². The summed E-state index contributed by atoms with van der Waals surface area (Å²) in [6.07, 6.45) is -1.04. The quantitative estimate of drug-likeness (QED) is 0.817. The lowest BCUT2D eigenvalue weighted by atomic mass is 9.84. The fourth-order valence-corrected chi connectivity index (χ4v) is 2.76. The van der Waals surface area contributed by atoms with Crippen molar-refractivity contribution in [2.45, 2.75) is 57.7 Å². The summed E-state index contributed by atoms with van der Waals surface area (Å²) >= 11 is 0. The van der Waals surface area contributed by atoms with Crippen molar-refractivity contribution in [1.82, 2.24) is 10.2 Å². The van der Waals surface area contributed by atoms with E-state index in [4.69, 9.17) is 0 Å². The third-order valence-corrected chi connectivity index (χ3v) is 3.86. The Hall–Kier alpha value is -0.780. The summed E-state index contributed by atoms with van der Waals surface area (Å²) in [5.41, 5.74) is 0. The molecule has 0 aromatic heterocycles. The Labute approximate surface area is 118 Å². The van der Waals surface area contributed by atoms with Crippen LogP contribution in [-0.4, -0.2) is 43.2 Å². The van der Waals surface area contributed by atoms with Gasteiger partial charge < -0.3 is 10.2 Å². The maximum atomic E-state index is 12.9. The summed E-state index contributed by atoms with van der Waals surface area (Å²) in [4.78, 5) is 13.8. The molecule has 0 aliphatic heterocycles. The van der Waals surface area contributed by atoms with E-state index in [1.165, 1.54) is 0 Å². The van der Waals surface area contributed by atoms with Crippen LogP contribution in [0.5, 0.6) is 0 Å². The van der Waals surface area contributed by atoms with Gasteiger partial charge in [0.05, 0.1) is 5.92 Å². The largest absolute Gasteiger partial charge is 0.393 e. The number of halogens is 3. The summed E-state index contributed by atoms with van der Waals surface area (Å²) in [5, 5.41) is 2.59. The van der Waals surface area contributed by atoms with Gasteiger partial charge in [-0.15, -0.1) is 0 Å². The average molecular weight is 294 g/mol. The van der Waals surface area contributed by atoms with Crippen molar-refractivity contribution >= 4 is 5.91 Å². The number of amides is 1. The molecule has 1 rings (SSSR count). The van der Waals surface area contributed by atoms with E-state index < -0.39 is 18.1 Å². The fourth-order valence-electron chi connectivity index (χ4n) is 2.76. The van der Waals surface area contributed by atoms with Gasteiger partial charge in [-0.1, -0.05) is 19.8 Å². The van der Waals surface area contributed by atoms with Gasteiger partial charge in [-0.2, -0.15) is 13.2 Å². The molecule has 0 bridgehead atoms. The third-order valence-electron chi connectivity index (χ3n) is 3.86. The van der Waals surface area contributed by atoms with Crippen molar-refractivity contribution in [2.75, 3.05) is 20.1 Å². The SMILES string of the molecule is CCCN(C)CCC(=O)N[C@H]1CCCC[C@@H]1C(F)(F)F. The van der Waals surface area contributed by atoms with E-state index in [1.54, 1.807) is 0 Å². The summed E-state index contributed by atoms with van der Waals surface area (Å²) in [5.74, 6) is -1.65. The van der Waals surface area contributed by atoms with Gasteiger partial charge in [-0.25, -0.2) is 0 Å². The number of carbonyl (C=O) groups excluding carboxylic acids is 1. The van der Waals surface area contributed by atoms with Crippen LogP contribution in [0.4, 0.5) is 13.2 Å². The lowest BCUT2D eigenvalue weighted by Gasteiger charge is -2.33. The van der Waals surface area contributed by atoms with Crippen LogP contribution in [0.2, 0.25) is 0 Å². The Morgan fingerprint density at radius 1 is 1.25 bits per heavy atom. The molecule has 0 aromatic carbocycles. The zero-order valence-corrected chi connectivity index (χ0v) is 12.3. The van der Waals surface area contributed by atoms with E-state index >= 15 is 0 Å². The van der Waals surface area contributed by atoms with Crippen LogP contribution in [-0.2, 0) is 4.79 Å². The Morgan fingerprint density at radius 3 is 2.50 bits per heavy atom. The Morgan fingerprint density at radius 2 is 1.90 bits per heavy atom. The van der Waals surface area contributed by atoms with Crippen LogP contribution in [0.25, 0.3) is 0 Å². The molecular formula is C14H25F3N2O. The first-order valence-electron chi connectivity index (χ1n) is 7.39. The first-order valence-corrected chi connectivity index (χ1v) is 7.39. The molecule has 2 atom stereocenters. The Bertz CT molecular complexity index is 307. The predicted octanol–water partition coefficient (Wildman–Crippen LogP) is 2.96. The lowest BCUT2D eigenvalue weighted by molar-refractivity contribution is -0.189. The molecule has 1 saturated carbocycles. The summed E-state index contributed by atoms with van der Waals surface area (Å²) in [6.45, 7) is 3.53. The minimum atomic E-state index is -4.21. The molecule has 0 unspecified atom stereocenters. The first kappa shape index (κ1) is 17.3. The second-order valence-electron chi connectivity index (χ2n) is 5.66. The average Bonchev–Trinajstić information content (AvgIpc) is 2.36. The van der Waals surface area contributed by atoms with Crippen molar-refractivity contribution in [3.05, 3.63) is 0 Å². The maximum absolute atomic E-state index is 12.9. The van der Waals surface area contributed by atoms with Crippen LogP contribution < -0.4 is 5.32 Å². The molecule has 3 nitrogen and oxygen atoms in total. The molecule has 20 heavy (non-hydrogen) atoms. The summed E-state index contributed by atoms with van der Waals surface area (Å²) in [6, 6.07) is -0.743. The zero-order valence-electron chi connectivity index (χ0n) is 12.3. The molecule has 0 spiro atoms. The van der Waals surface area contributed by atoms with Gasteiger partial charge in [0.2, 0.25) is 5.91 Å². The minimum Gasteiger partial charge on any atom is -0.353 e. The number of nitrogens with zero attached hydrogens (tertiary/aromatic N) is 1. The van der Waals surface area contributed by atoms with E-state index in [1.807, 2.05) is 18.9 Å². The molecule has 1 fully saturated rings. The third kappa shape index (κ3) is 5.69. The summed E-state index contributed by atoms with van der Waals surface area (Å²) in [7, 11) is 1.91. The second kappa shape index (κ2) is 7.86. The van der Waals surface area contributed by atoms with E-state index in [2.05, 4.69) is 5.32 Å². The molecule has 1 amide bonds. The topological polar surface area (TPSA) is 32.3 Å². The van der Waals surface area contributed by atoms with Gasteiger partial charge in [-0.3, -0.25) is 4.79 Å². The maximum Gasteiger partial charge on any atom is 0.393 e. The molecule has 1 aliphatic carbocycles. The molecular weight excluding hydrogens is 269 g/mol. The highest BCUT2D eigenvalue weighted by Gasteiger charge is 2.45. The highest BCUT2D eigenvalue weighted by Crippen LogP contribution is 2.37. The number of carbonyl (C=O) groups is 1. The van der Waals surface area contributed by atoms with Gasteiger partial charge in [0.25, 0.3) is 0 Å². The standard InChI is InChI=1S/C14H25F3N2O/c1-3-9-19(2)10-8-13(20)18-12-7-5-4-6-11(12)14(15,16)17/h11-12H,3-10H2,1-2H3,(H,18,20)/t11-,12-/m0/s1. The highest BCUT2D eigenvalue weighted by atomic mass is 19.4. The molecule has 0 heterocycles. The zero-order chi connectivity index (χ0) is 15.2. The Balaban J connectivity index is 2.42. The Kier molecular flexibility index (Phi) is 6.79.